The summed E-state index contributed by atoms with van der Waals surface area (Å²) in [5.74, 6) is -2.50. The van der Waals surface area contributed by atoms with E-state index >= 15 is 0 Å². The second kappa shape index (κ2) is 7.69. The Bertz CT molecular complexity index is 1040. The number of fused-ring (bicyclic) bond motifs is 2. The molecule has 27 heavy (non-hydrogen) atoms. The van der Waals surface area contributed by atoms with Crippen LogP contribution < -0.4 is 21.2 Å². The van der Waals surface area contributed by atoms with Crippen molar-refractivity contribution in [1.82, 2.24) is 15.2 Å². The van der Waals surface area contributed by atoms with Crippen LogP contribution in [-0.4, -0.2) is 35.4 Å². The van der Waals surface area contributed by atoms with Gasteiger partial charge in [0.05, 0.1) is 30.1 Å². The van der Waals surface area contributed by atoms with E-state index in [4.69, 9.17) is 0 Å². The third kappa shape index (κ3) is 3.95. The van der Waals surface area contributed by atoms with Crippen LogP contribution in [0.4, 0.5) is 0 Å². The molecule has 8 heteroatoms. The van der Waals surface area contributed by atoms with Crippen LogP contribution in [0, 0.1) is 0 Å². The quantitative estimate of drug-likeness (QED) is 0.550. The highest BCUT2D eigenvalue weighted by Gasteiger charge is 2.13. The largest absolute Gasteiger partial charge is 0.548 e. The number of carboxylic acid groups (broad SMARTS) is 1. The summed E-state index contributed by atoms with van der Waals surface area (Å²) in [7, 11) is 0. The number of para-hydroxylation sites is 2. The topological polar surface area (TPSA) is 120 Å². The van der Waals surface area contributed by atoms with Crippen molar-refractivity contribution < 1.29 is 19.5 Å². The molecule has 0 fully saturated rings. The molecule has 0 radical (unpaired) electrons. The van der Waals surface area contributed by atoms with Gasteiger partial charge in [0.1, 0.15) is 6.54 Å². The minimum atomic E-state index is -1.42. The first-order valence-electron chi connectivity index (χ1n) is 8.21. The molecule has 2 N–H and O–H groups in total. The molecular formula is C19H16N3O5-. The number of nitrogens with zero attached hydrogens (tertiary/aromatic N) is 1. The minimum Gasteiger partial charge on any atom is -0.548 e. The van der Waals surface area contributed by atoms with Gasteiger partial charge in [-0.25, -0.2) is 0 Å². The van der Waals surface area contributed by atoms with Crippen LogP contribution in [0.2, 0.25) is 0 Å². The van der Waals surface area contributed by atoms with Crippen LogP contribution in [-0.2, 0) is 20.9 Å². The van der Waals surface area contributed by atoms with E-state index in [1.807, 2.05) is 0 Å². The number of hydrogen-bond acceptors (Lipinski definition) is 5. The Labute approximate surface area is 153 Å². The Kier molecular flexibility index (Phi) is 5.16. The standard InChI is InChI=1S/C19H17N3O5/c23-16(21-10-18(25)26)9-20-17(24)11-22-14-7-3-1-5-12(14)19(27)13-6-2-4-8-15(13)22/h1-8H,9-11H2,(H,20,24)(H,21,23)(H,25,26)/p-1. The van der Waals surface area contributed by atoms with E-state index in [1.54, 1.807) is 53.1 Å². The first kappa shape index (κ1) is 18.1. The number of aromatic nitrogens is 1. The van der Waals surface area contributed by atoms with Gasteiger partial charge in [0.2, 0.25) is 11.8 Å². The highest BCUT2D eigenvalue weighted by molar-refractivity contribution is 5.95. The molecular weight excluding hydrogens is 350 g/mol. The fourth-order valence-electron chi connectivity index (χ4n) is 2.86. The van der Waals surface area contributed by atoms with Crippen molar-refractivity contribution >= 4 is 39.6 Å². The molecule has 1 aromatic heterocycles. The molecule has 0 aliphatic rings. The summed E-state index contributed by atoms with van der Waals surface area (Å²) >= 11 is 0. The van der Waals surface area contributed by atoms with Crippen molar-refractivity contribution in [3.05, 3.63) is 58.8 Å². The maximum absolute atomic E-state index is 12.6. The molecule has 0 unspecified atom stereocenters. The van der Waals surface area contributed by atoms with Gasteiger partial charge in [-0.05, 0) is 24.3 Å². The molecule has 2 amide bonds. The molecule has 1 heterocycles. The average molecular weight is 366 g/mol. The summed E-state index contributed by atoms with van der Waals surface area (Å²) in [6.45, 7) is -1.08. The fraction of sp³-hybridized carbons (Fsp3) is 0.158. The molecule has 2 aromatic carbocycles. The minimum absolute atomic E-state index is 0.102. The van der Waals surface area contributed by atoms with Gasteiger partial charge < -0.3 is 25.1 Å². The molecule has 0 atom stereocenters. The summed E-state index contributed by atoms with van der Waals surface area (Å²) in [5, 5.41) is 15.8. The fourth-order valence-corrected chi connectivity index (χ4v) is 2.86. The summed E-state index contributed by atoms with van der Waals surface area (Å²) in [6.07, 6.45) is 0. The number of carboxylic acids is 1. The Morgan fingerprint density at radius 1 is 0.815 bits per heavy atom. The molecule has 0 bridgehead atoms. The van der Waals surface area contributed by atoms with Gasteiger partial charge in [0.25, 0.3) is 0 Å². The Balaban J connectivity index is 1.86. The van der Waals surface area contributed by atoms with Gasteiger partial charge in [-0.2, -0.15) is 0 Å². The highest BCUT2D eigenvalue weighted by Crippen LogP contribution is 2.18. The second-order valence-corrected chi connectivity index (χ2v) is 5.88. The van der Waals surface area contributed by atoms with Gasteiger partial charge >= 0.3 is 0 Å². The van der Waals surface area contributed by atoms with Gasteiger partial charge in [-0.3, -0.25) is 14.4 Å². The van der Waals surface area contributed by atoms with Crippen LogP contribution in [0.15, 0.2) is 53.3 Å². The first-order chi connectivity index (χ1) is 13.0. The normalized spacial score (nSPS) is 10.7. The Morgan fingerprint density at radius 3 is 1.89 bits per heavy atom. The van der Waals surface area contributed by atoms with E-state index in [0.29, 0.717) is 21.8 Å². The number of carbonyl (C=O) groups is 3. The van der Waals surface area contributed by atoms with E-state index in [1.165, 1.54) is 0 Å². The number of aliphatic carboxylic acids is 1. The lowest BCUT2D eigenvalue weighted by atomic mass is 10.1. The number of amides is 2. The Morgan fingerprint density at radius 2 is 1.33 bits per heavy atom. The van der Waals surface area contributed by atoms with Crippen molar-refractivity contribution in [2.45, 2.75) is 6.54 Å². The number of hydrogen-bond donors (Lipinski definition) is 2. The smallest absolute Gasteiger partial charge is 0.240 e. The molecule has 0 saturated carbocycles. The third-order valence-corrected chi connectivity index (χ3v) is 4.06. The average Bonchev–Trinajstić information content (AvgIpc) is 2.68. The van der Waals surface area contributed by atoms with Crippen molar-refractivity contribution in [3.8, 4) is 0 Å². The molecule has 0 saturated heterocycles. The zero-order valence-corrected chi connectivity index (χ0v) is 14.2. The zero-order chi connectivity index (χ0) is 19.4. The van der Waals surface area contributed by atoms with Gasteiger partial charge in [-0.15, -0.1) is 0 Å². The maximum atomic E-state index is 12.6. The van der Waals surface area contributed by atoms with Crippen molar-refractivity contribution in [3.63, 3.8) is 0 Å². The maximum Gasteiger partial charge on any atom is 0.240 e. The lowest BCUT2D eigenvalue weighted by Crippen LogP contribution is -2.43. The molecule has 3 aromatic rings. The molecule has 8 nitrogen and oxygen atoms in total. The number of pyridine rings is 1. The summed E-state index contributed by atoms with van der Waals surface area (Å²) in [6, 6.07) is 14.0. The molecule has 138 valence electrons. The van der Waals surface area contributed by atoms with Crippen LogP contribution >= 0.6 is 0 Å². The molecule has 3 rings (SSSR count). The van der Waals surface area contributed by atoms with Crippen molar-refractivity contribution in [2.75, 3.05) is 13.1 Å². The summed E-state index contributed by atoms with van der Waals surface area (Å²) in [5.41, 5.74) is 1.11. The molecule has 0 spiro atoms. The van der Waals surface area contributed by atoms with Gasteiger partial charge in [-0.1, -0.05) is 24.3 Å². The van der Waals surface area contributed by atoms with Crippen molar-refractivity contribution in [1.29, 1.82) is 0 Å². The van der Waals surface area contributed by atoms with Gasteiger partial charge in [0.15, 0.2) is 5.43 Å². The Hall–Kier alpha value is -3.68. The third-order valence-electron chi connectivity index (χ3n) is 4.06. The predicted molar refractivity (Wildman–Crippen MR) is 96.7 cm³/mol. The van der Waals surface area contributed by atoms with E-state index in [9.17, 15) is 24.3 Å². The number of nitrogens with one attached hydrogen (secondary N) is 2. The SMILES string of the molecule is O=C([O-])CNC(=O)CNC(=O)Cn1c2ccccc2c(=O)c2ccccc21. The van der Waals surface area contributed by atoms with Crippen LogP contribution in [0.25, 0.3) is 21.8 Å². The van der Waals surface area contributed by atoms with Crippen molar-refractivity contribution in [2.24, 2.45) is 0 Å². The van der Waals surface area contributed by atoms with E-state index in [0.717, 1.165) is 0 Å². The van der Waals surface area contributed by atoms with E-state index < -0.39 is 24.3 Å². The molecule has 0 aliphatic carbocycles. The lowest BCUT2D eigenvalue weighted by Gasteiger charge is -2.15. The van der Waals surface area contributed by atoms with Crippen LogP contribution in [0.1, 0.15) is 0 Å². The predicted octanol–water partition coefficient (Wildman–Crippen LogP) is -0.863. The lowest BCUT2D eigenvalue weighted by molar-refractivity contribution is -0.304. The molecule has 0 aliphatic heterocycles. The number of carbonyl (C=O) groups excluding carboxylic acids is 3. The highest BCUT2D eigenvalue weighted by atomic mass is 16.4. The second-order valence-electron chi connectivity index (χ2n) is 5.88. The van der Waals surface area contributed by atoms with E-state index in [2.05, 4.69) is 10.6 Å². The summed E-state index contributed by atoms with van der Waals surface area (Å²) in [4.78, 5) is 46.8. The van der Waals surface area contributed by atoms with Crippen LogP contribution in [0.5, 0.6) is 0 Å². The first-order valence-corrected chi connectivity index (χ1v) is 8.21. The summed E-state index contributed by atoms with van der Waals surface area (Å²) < 4.78 is 1.71. The number of benzene rings is 2. The monoisotopic (exact) mass is 366 g/mol. The van der Waals surface area contributed by atoms with Crippen LogP contribution in [0.3, 0.4) is 0 Å². The van der Waals surface area contributed by atoms with E-state index in [-0.39, 0.29) is 18.5 Å². The van der Waals surface area contributed by atoms with Gasteiger partial charge in [0, 0.05) is 10.8 Å². The zero-order valence-electron chi connectivity index (χ0n) is 14.2. The number of rotatable bonds is 6.